The standard InChI is InChI=1S/C28H33F3N4O4/c1-32-24(37)18-5-7-21(8-6-18)27(39)11-9-20(10-12-27)26(13-14-33-17-26)35-23(36)16-34-25(38)19-3-2-4-22(15-19)28(29,30)31/h2-8,15,20,33,39H,9-14,16-17H2,1H3,(H,32,37)(H,34,38)(H,35,36)/t20?,26-,27?/m0/s1. The lowest BCUT2D eigenvalue weighted by Gasteiger charge is -2.44. The summed E-state index contributed by atoms with van der Waals surface area (Å²) in [7, 11) is 1.56. The number of aliphatic hydroxyl groups is 1. The molecular weight excluding hydrogens is 513 g/mol. The molecular formula is C28H33F3N4O4. The van der Waals surface area contributed by atoms with Crippen LogP contribution in [0.5, 0.6) is 0 Å². The molecule has 0 unspecified atom stereocenters. The molecule has 4 rings (SSSR count). The first-order chi connectivity index (χ1) is 18.5. The first-order valence-electron chi connectivity index (χ1n) is 13.0. The number of alkyl halides is 3. The summed E-state index contributed by atoms with van der Waals surface area (Å²) >= 11 is 0. The Morgan fingerprint density at radius 2 is 1.69 bits per heavy atom. The minimum Gasteiger partial charge on any atom is -0.385 e. The van der Waals surface area contributed by atoms with Crippen LogP contribution in [-0.2, 0) is 16.6 Å². The molecule has 2 fully saturated rings. The molecule has 1 heterocycles. The first kappa shape index (κ1) is 28.6. The van der Waals surface area contributed by atoms with Crippen molar-refractivity contribution in [1.82, 2.24) is 21.3 Å². The monoisotopic (exact) mass is 546 g/mol. The zero-order chi connectivity index (χ0) is 28.3. The van der Waals surface area contributed by atoms with Crippen LogP contribution in [0.1, 0.15) is 63.9 Å². The number of amides is 3. The number of nitrogens with one attached hydrogen (secondary N) is 4. The van der Waals surface area contributed by atoms with E-state index in [2.05, 4.69) is 21.3 Å². The zero-order valence-electron chi connectivity index (χ0n) is 21.7. The van der Waals surface area contributed by atoms with Gasteiger partial charge in [0.1, 0.15) is 0 Å². The summed E-state index contributed by atoms with van der Waals surface area (Å²) in [5.41, 5.74) is -1.44. The average Bonchev–Trinajstić information content (AvgIpc) is 3.40. The number of rotatable bonds is 7. The van der Waals surface area contributed by atoms with Gasteiger partial charge in [0.15, 0.2) is 0 Å². The Labute approximate surface area is 224 Å². The van der Waals surface area contributed by atoms with E-state index in [-0.39, 0.29) is 23.9 Å². The van der Waals surface area contributed by atoms with E-state index in [1.165, 1.54) is 6.07 Å². The van der Waals surface area contributed by atoms with Crippen molar-refractivity contribution in [3.8, 4) is 0 Å². The van der Waals surface area contributed by atoms with Crippen molar-refractivity contribution in [2.45, 2.75) is 49.4 Å². The SMILES string of the molecule is CNC(=O)c1ccc(C2(O)CCC([C@]3(NC(=O)CNC(=O)c4cccc(C(F)(F)F)c4)CCNC3)CC2)cc1. The third kappa shape index (κ3) is 6.42. The Kier molecular flexibility index (Phi) is 8.31. The summed E-state index contributed by atoms with van der Waals surface area (Å²) in [6.07, 6.45) is -1.60. The molecule has 2 aromatic rings. The van der Waals surface area contributed by atoms with E-state index in [9.17, 15) is 32.7 Å². The Hall–Kier alpha value is -3.44. The largest absolute Gasteiger partial charge is 0.416 e. The van der Waals surface area contributed by atoms with E-state index in [0.717, 1.165) is 23.8 Å². The van der Waals surface area contributed by atoms with Gasteiger partial charge in [-0.1, -0.05) is 18.2 Å². The molecule has 1 aliphatic heterocycles. The van der Waals surface area contributed by atoms with E-state index < -0.39 is 34.7 Å². The van der Waals surface area contributed by atoms with Crippen LogP contribution in [-0.4, -0.2) is 55.0 Å². The van der Waals surface area contributed by atoms with Crippen molar-refractivity contribution in [1.29, 1.82) is 0 Å². The fraction of sp³-hybridized carbons (Fsp3) is 0.464. The molecule has 11 heteroatoms. The van der Waals surface area contributed by atoms with Crippen LogP contribution < -0.4 is 21.3 Å². The van der Waals surface area contributed by atoms with Crippen molar-refractivity contribution < 1.29 is 32.7 Å². The minimum absolute atomic E-state index is 0.0843. The van der Waals surface area contributed by atoms with Crippen LogP contribution in [0.2, 0.25) is 0 Å². The molecule has 39 heavy (non-hydrogen) atoms. The molecule has 1 saturated heterocycles. The summed E-state index contributed by atoms with van der Waals surface area (Å²) in [6, 6.07) is 11.0. The number of hydrogen-bond donors (Lipinski definition) is 5. The molecule has 0 spiro atoms. The third-order valence-corrected chi connectivity index (χ3v) is 7.94. The van der Waals surface area contributed by atoms with E-state index in [1.807, 2.05) is 0 Å². The maximum Gasteiger partial charge on any atom is 0.416 e. The smallest absolute Gasteiger partial charge is 0.385 e. The van der Waals surface area contributed by atoms with Crippen LogP contribution in [0.3, 0.4) is 0 Å². The lowest BCUT2D eigenvalue weighted by molar-refractivity contribution is -0.137. The normalized spacial score (nSPS) is 25.1. The van der Waals surface area contributed by atoms with Gasteiger partial charge >= 0.3 is 6.18 Å². The predicted octanol–water partition coefficient (Wildman–Crippen LogP) is 2.72. The Morgan fingerprint density at radius 3 is 2.28 bits per heavy atom. The summed E-state index contributed by atoms with van der Waals surface area (Å²) < 4.78 is 38.9. The summed E-state index contributed by atoms with van der Waals surface area (Å²) in [4.78, 5) is 37.1. The topological polar surface area (TPSA) is 120 Å². The maximum absolute atomic E-state index is 13.0. The van der Waals surface area contributed by atoms with Crippen LogP contribution in [0.25, 0.3) is 0 Å². The molecule has 0 bridgehead atoms. The molecule has 0 radical (unpaired) electrons. The first-order valence-corrected chi connectivity index (χ1v) is 13.0. The van der Waals surface area contributed by atoms with Crippen molar-refractivity contribution in [3.05, 3.63) is 70.8 Å². The van der Waals surface area contributed by atoms with Gasteiger partial charge in [-0.3, -0.25) is 14.4 Å². The summed E-state index contributed by atoms with van der Waals surface area (Å²) in [5.74, 6) is -1.31. The van der Waals surface area contributed by atoms with Crippen molar-refractivity contribution in [2.24, 2.45) is 5.92 Å². The molecule has 5 N–H and O–H groups in total. The highest BCUT2D eigenvalue weighted by Crippen LogP contribution is 2.44. The average molecular weight is 547 g/mol. The minimum atomic E-state index is -4.57. The summed E-state index contributed by atoms with van der Waals surface area (Å²) in [5, 5.41) is 22.7. The number of carbonyl (C=O) groups excluding carboxylic acids is 3. The van der Waals surface area contributed by atoms with E-state index >= 15 is 0 Å². The fourth-order valence-corrected chi connectivity index (χ4v) is 5.70. The molecule has 8 nitrogen and oxygen atoms in total. The van der Waals surface area contributed by atoms with Gasteiger partial charge in [0.05, 0.1) is 23.2 Å². The highest BCUT2D eigenvalue weighted by Gasteiger charge is 2.46. The van der Waals surface area contributed by atoms with Crippen LogP contribution in [0.4, 0.5) is 13.2 Å². The Morgan fingerprint density at radius 1 is 1.00 bits per heavy atom. The molecule has 1 atom stereocenters. The van der Waals surface area contributed by atoms with E-state index in [4.69, 9.17) is 0 Å². The van der Waals surface area contributed by atoms with E-state index in [0.29, 0.717) is 50.8 Å². The second-order valence-corrected chi connectivity index (χ2v) is 10.4. The molecule has 3 amide bonds. The highest BCUT2D eigenvalue weighted by atomic mass is 19.4. The molecule has 1 aliphatic carbocycles. The molecule has 2 aliphatic rings. The Bertz CT molecular complexity index is 1200. The van der Waals surface area contributed by atoms with E-state index in [1.54, 1.807) is 31.3 Å². The van der Waals surface area contributed by atoms with Crippen molar-refractivity contribution in [2.75, 3.05) is 26.7 Å². The number of benzene rings is 2. The second-order valence-electron chi connectivity index (χ2n) is 10.4. The lowest BCUT2D eigenvalue weighted by Crippen LogP contribution is -2.58. The van der Waals surface area contributed by atoms with Crippen LogP contribution in [0.15, 0.2) is 48.5 Å². The van der Waals surface area contributed by atoms with Gasteiger partial charge in [0.2, 0.25) is 5.91 Å². The number of hydrogen-bond acceptors (Lipinski definition) is 5. The van der Waals surface area contributed by atoms with Gasteiger partial charge in [-0.05, 0) is 80.5 Å². The van der Waals surface area contributed by atoms with Gasteiger partial charge in [-0.2, -0.15) is 13.2 Å². The lowest BCUT2D eigenvalue weighted by atomic mass is 9.68. The predicted molar refractivity (Wildman–Crippen MR) is 138 cm³/mol. The van der Waals surface area contributed by atoms with Crippen molar-refractivity contribution >= 4 is 17.7 Å². The summed E-state index contributed by atoms with van der Waals surface area (Å²) in [6.45, 7) is 0.883. The van der Waals surface area contributed by atoms with Crippen LogP contribution >= 0.6 is 0 Å². The van der Waals surface area contributed by atoms with Crippen LogP contribution in [0, 0.1) is 5.92 Å². The fourth-order valence-electron chi connectivity index (χ4n) is 5.70. The van der Waals surface area contributed by atoms with Gasteiger partial charge < -0.3 is 26.4 Å². The van der Waals surface area contributed by atoms with Gasteiger partial charge in [0, 0.05) is 24.7 Å². The van der Waals surface area contributed by atoms with Gasteiger partial charge in [0.25, 0.3) is 11.8 Å². The van der Waals surface area contributed by atoms with Gasteiger partial charge in [-0.25, -0.2) is 0 Å². The second kappa shape index (κ2) is 11.4. The Balaban J connectivity index is 1.36. The number of carbonyl (C=O) groups is 3. The quantitative estimate of drug-likeness (QED) is 0.366. The van der Waals surface area contributed by atoms with Gasteiger partial charge in [-0.15, -0.1) is 0 Å². The zero-order valence-corrected chi connectivity index (χ0v) is 21.7. The molecule has 1 saturated carbocycles. The molecule has 2 aromatic carbocycles. The highest BCUT2D eigenvalue weighted by molar-refractivity contribution is 5.96. The molecule has 0 aromatic heterocycles. The molecule has 210 valence electrons. The maximum atomic E-state index is 13.0. The van der Waals surface area contributed by atoms with Crippen molar-refractivity contribution in [3.63, 3.8) is 0 Å². The number of halogens is 3. The third-order valence-electron chi connectivity index (χ3n) is 7.94.